The van der Waals surface area contributed by atoms with Crippen LogP contribution in [0.25, 0.3) is 0 Å². The largest absolute Gasteiger partial charge is 0.465 e. The minimum atomic E-state index is -4.05. The highest BCUT2D eigenvalue weighted by Crippen LogP contribution is 2.28. The van der Waals surface area contributed by atoms with E-state index in [0.717, 1.165) is 12.3 Å². The van der Waals surface area contributed by atoms with E-state index in [-0.39, 0.29) is 27.9 Å². The fourth-order valence-corrected chi connectivity index (χ4v) is 5.01. The monoisotopic (exact) mass is 434 g/mol. The number of hydrogen-bond acceptors (Lipinski definition) is 6. The molecular weight excluding hydrogens is 412 g/mol. The van der Waals surface area contributed by atoms with Crippen LogP contribution in [-0.4, -0.2) is 59.5 Å². The molecule has 0 bridgehead atoms. The van der Waals surface area contributed by atoms with Crippen molar-refractivity contribution in [3.8, 4) is 0 Å². The van der Waals surface area contributed by atoms with E-state index in [0.29, 0.717) is 18.1 Å². The summed E-state index contributed by atoms with van der Waals surface area (Å²) in [6.45, 7) is 2.45. The van der Waals surface area contributed by atoms with Crippen molar-refractivity contribution in [2.75, 3.05) is 33.4 Å². The van der Waals surface area contributed by atoms with E-state index in [1.165, 1.54) is 16.4 Å². The zero-order valence-electron chi connectivity index (χ0n) is 15.6. The third kappa shape index (κ3) is 5.55. The highest BCUT2D eigenvalue weighted by molar-refractivity contribution is 7.91. The molecule has 0 aliphatic heterocycles. The molecule has 1 heterocycles. The summed E-state index contributed by atoms with van der Waals surface area (Å²) in [7, 11) is -3.96. The lowest BCUT2D eigenvalue weighted by Gasteiger charge is -2.23. The van der Waals surface area contributed by atoms with Gasteiger partial charge in [0.05, 0.1) is 16.5 Å². The zero-order chi connectivity index (χ0) is 20.4. The minimum absolute atomic E-state index is 0.0173. The highest BCUT2D eigenvalue weighted by atomic mass is 35.5. The first-order valence-corrected chi connectivity index (χ1v) is 11.8. The molecule has 10 heteroatoms. The molecule has 0 unspecified atom stereocenters. The number of furan rings is 1. The molecule has 0 aliphatic rings. The number of sulfonamides is 1. The number of nitrogens with zero attached hydrogens (tertiary/aromatic N) is 2. The van der Waals surface area contributed by atoms with Gasteiger partial charge in [0.1, 0.15) is 16.4 Å². The first-order chi connectivity index (χ1) is 12.4. The Morgan fingerprint density at radius 1 is 1.04 bits per heavy atom. The van der Waals surface area contributed by atoms with E-state index in [2.05, 4.69) is 0 Å². The van der Waals surface area contributed by atoms with Crippen molar-refractivity contribution in [2.24, 2.45) is 0 Å². The van der Waals surface area contributed by atoms with Crippen LogP contribution < -0.4 is 0 Å². The Kier molecular flexibility index (Phi) is 6.75. The summed E-state index contributed by atoms with van der Waals surface area (Å²) < 4.78 is 56.9. The first kappa shape index (κ1) is 21.9. The first-order valence-electron chi connectivity index (χ1n) is 8.11. The number of halogens is 1. The molecule has 150 valence electrons. The topological polar surface area (TPSA) is 87.9 Å². The minimum Gasteiger partial charge on any atom is -0.465 e. The molecule has 0 saturated carbocycles. The van der Waals surface area contributed by atoms with Gasteiger partial charge in [-0.2, -0.15) is 4.31 Å². The van der Waals surface area contributed by atoms with E-state index in [1.54, 1.807) is 19.1 Å². The van der Waals surface area contributed by atoms with Gasteiger partial charge in [0.25, 0.3) is 0 Å². The normalized spacial score (nSPS) is 12.9. The average molecular weight is 435 g/mol. The molecule has 0 spiro atoms. The van der Waals surface area contributed by atoms with Crippen LogP contribution in [0.15, 0.2) is 44.5 Å². The lowest BCUT2D eigenvalue weighted by Crippen LogP contribution is -2.36. The van der Waals surface area contributed by atoms with Crippen LogP contribution in [0, 0.1) is 6.92 Å². The number of aryl methyl sites for hydroxylation is 1. The number of likely N-dealkylation sites (N-methyl/N-ethyl adjacent to an activating group) is 1. The Balaban J connectivity index is 2.49. The maximum absolute atomic E-state index is 13.2. The summed E-state index contributed by atoms with van der Waals surface area (Å²) in [5.74, 6) is 1.16. The van der Waals surface area contributed by atoms with Crippen molar-refractivity contribution in [3.05, 3.63) is 46.9 Å². The number of sulfone groups is 1. The van der Waals surface area contributed by atoms with Gasteiger partial charge in [0.15, 0.2) is 9.84 Å². The molecule has 0 saturated heterocycles. The predicted octanol–water partition coefficient (Wildman–Crippen LogP) is 2.40. The molecule has 0 N–H and O–H groups in total. The quantitative estimate of drug-likeness (QED) is 0.633. The Labute approximate surface area is 165 Å². The second-order valence-corrected chi connectivity index (χ2v) is 10.8. The van der Waals surface area contributed by atoms with Gasteiger partial charge in [0.2, 0.25) is 10.0 Å². The van der Waals surface area contributed by atoms with Gasteiger partial charge < -0.3 is 9.32 Å². The van der Waals surface area contributed by atoms with Gasteiger partial charge >= 0.3 is 0 Å². The summed E-state index contributed by atoms with van der Waals surface area (Å²) in [4.78, 5) is 1.51. The maximum atomic E-state index is 13.2. The van der Waals surface area contributed by atoms with Crippen molar-refractivity contribution in [1.82, 2.24) is 9.21 Å². The van der Waals surface area contributed by atoms with Gasteiger partial charge in [-0.15, -0.1) is 0 Å². The van der Waals surface area contributed by atoms with Crippen LogP contribution in [0.2, 0.25) is 5.02 Å². The third-order valence-corrected chi connectivity index (χ3v) is 7.31. The van der Waals surface area contributed by atoms with Crippen LogP contribution in [-0.2, 0) is 26.4 Å². The second-order valence-electron chi connectivity index (χ2n) is 6.52. The summed E-state index contributed by atoms with van der Waals surface area (Å²) in [5, 5.41) is -0.0344. The van der Waals surface area contributed by atoms with Crippen LogP contribution >= 0.6 is 11.6 Å². The van der Waals surface area contributed by atoms with Crippen molar-refractivity contribution in [3.63, 3.8) is 0 Å². The molecule has 0 atom stereocenters. The summed E-state index contributed by atoms with van der Waals surface area (Å²) in [5.41, 5.74) is 0. The molecule has 0 radical (unpaired) electrons. The fourth-order valence-electron chi connectivity index (χ4n) is 2.39. The van der Waals surface area contributed by atoms with Crippen LogP contribution in [0.4, 0.5) is 0 Å². The molecule has 0 amide bonds. The molecule has 27 heavy (non-hydrogen) atoms. The number of rotatable bonds is 8. The van der Waals surface area contributed by atoms with Gasteiger partial charge in [0, 0.05) is 19.3 Å². The van der Waals surface area contributed by atoms with Crippen molar-refractivity contribution < 1.29 is 21.3 Å². The average Bonchev–Trinajstić information content (AvgIpc) is 2.95. The molecule has 0 fully saturated rings. The van der Waals surface area contributed by atoms with Crippen LogP contribution in [0.5, 0.6) is 0 Å². The third-order valence-electron chi connectivity index (χ3n) is 3.87. The summed E-state index contributed by atoms with van der Waals surface area (Å²) in [6, 6.07) is 7.14. The number of benzene rings is 1. The molecule has 2 rings (SSSR count). The lowest BCUT2D eigenvalue weighted by atomic mass is 10.4. The zero-order valence-corrected chi connectivity index (χ0v) is 18.0. The fraction of sp³-hybridized carbons (Fsp3) is 0.412. The van der Waals surface area contributed by atoms with E-state index in [4.69, 9.17) is 16.0 Å². The Morgan fingerprint density at radius 3 is 2.22 bits per heavy atom. The van der Waals surface area contributed by atoms with Crippen molar-refractivity contribution in [2.45, 2.75) is 23.3 Å². The van der Waals surface area contributed by atoms with Gasteiger partial charge in [-0.3, -0.25) is 0 Å². The van der Waals surface area contributed by atoms with Crippen LogP contribution in [0.3, 0.4) is 0 Å². The van der Waals surface area contributed by atoms with E-state index < -0.39 is 19.9 Å². The SMILES string of the molecule is Cc1ccc(CN(CCN(C)C)S(=O)(=O)c2cc(S(C)(=O)=O)ccc2Cl)o1. The number of hydrogen-bond donors (Lipinski definition) is 0. The standard InChI is InChI=1S/C17H23ClN2O5S2/c1-13-5-6-14(25-13)12-20(10-9-19(2)3)27(23,24)17-11-15(26(4,21)22)7-8-16(17)18/h5-8,11H,9-10,12H2,1-4H3. The highest BCUT2D eigenvalue weighted by Gasteiger charge is 2.29. The van der Waals surface area contributed by atoms with E-state index >= 15 is 0 Å². The maximum Gasteiger partial charge on any atom is 0.245 e. The van der Waals surface area contributed by atoms with Gasteiger partial charge in [-0.1, -0.05) is 11.6 Å². The predicted molar refractivity (Wildman–Crippen MR) is 104 cm³/mol. The van der Waals surface area contributed by atoms with E-state index in [9.17, 15) is 16.8 Å². The smallest absolute Gasteiger partial charge is 0.245 e. The molecule has 7 nitrogen and oxygen atoms in total. The summed E-state index contributed by atoms with van der Waals surface area (Å²) >= 11 is 6.11. The van der Waals surface area contributed by atoms with Crippen molar-refractivity contribution >= 4 is 31.5 Å². The molecule has 1 aromatic heterocycles. The van der Waals surface area contributed by atoms with Crippen molar-refractivity contribution in [1.29, 1.82) is 0 Å². The molecule has 2 aromatic rings. The molecule has 0 aliphatic carbocycles. The van der Waals surface area contributed by atoms with Gasteiger partial charge in [-0.05, 0) is 51.4 Å². The van der Waals surface area contributed by atoms with Gasteiger partial charge in [-0.25, -0.2) is 16.8 Å². The second kappa shape index (κ2) is 8.32. The van der Waals surface area contributed by atoms with E-state index in [1.807, 2.05) is 19.0 Å². The Morgan fingerprint density at radius 2 is 1.70 bits per heavy atom. The lowest BCUT2D eigenvalue weighted by molar-refractivity contribution is 0.310. The molecule has 1 aromatic carbocycles. The molecular formula is C17H23ClN2O5S2. The summed E-state index contributed by atoms with van der Waals surface area (Å²) in [6.07, 6.45) is 1.02. The Bertz CT molecular complexity index is 1010. The van der Waals surface area contributed by atoms with Crippen LogP contribution in [0.1, 0.15) is 11.5 Å². The Hall–Kier alpha value is -1.39.